The van der Waals surface area contributed by atoms with Crippen molar-refractivity contribution in [3.05, 3.63) is 220 Å². The lowest BCUT2D eigenvalue weighted by Crippen LogP contribution is -2.50. The van der Waals surface area contributed by atoms with Gasteiger partial charge in [0.15, 0.2) is 35.5 Å². The summed E-state index contributed by atoms with van der Waals surface area (Å²) in [6, 6.07) is 65.5. The summed E-state index contributed by atoms with van der Waals surface area (Å²) in [5.74, 6) is 2.25. The number of esters is 4. The van der Waals surface area contributed by atoms with Crippen LogP contribution in [0.1, 0.15) is 105 Å². The van der Waals surface area contributed by atoms with Gasteiger partial charge in [-0.1, -0.05) is 158 Å². The fourth-order valence-corrected chi connectivity index (χ4v) is 16.3. The Kier molecular flexibility index (Phi) is 47.5. The Morgan fingerprint density at radius 3 is 0.864 bits per heavy atom. The summed E-state index contributed by atoms with van der Waals surface area (Å²) in [6.45, 7) is 29.5. The summed E-state index contributed by atoms with van der Waals surface area (Å²) in [4.78, 5) is 155. The molecule has 4 aromatic heterocycles. The third kappa shape index (κ3) is 40.0. The van der Waals surface area contributed by atoms with E-state index in [9.17, 15) is 47.9 Å². The van der Waals surface area contributed by atoms with Gasteiger partial charge in [-0.25, -0.2) is 24.7 Å². The first-order chi connectivity index (χ1) is 67.8. The van der Waals surface area contributed by atoms with Crippen molar-refractivity contribution in [2.75, 3.05) is 221 Å². The van der Waals surface area contributed by atoms with E-state index in [2.05, 4.69) is 66.4 Å². The lowest BCUT2D eigenvalue weighted by atomic mass is 10.1. The molecule has 0 unspecified atom stereocenters. The molecule has 0 bridgehead atoms. The minimum Gasteiger partial charge on any atom is -0.458 e. The normalized spacial score (nSPS) is 14.7. The lowest BCUT2D eigenvalue weighted by molar-refractivity contribution is -0.148. The zero-order chi connectivity index (χ0) is 99.8. The van der Waals surface area contributed by atoms with Crippen LogP contribution in [0.15, 0.2) is 200 Å². The zero-order valence-electron chi connectivity index (χ0n) is 80.9. The van der Waals surface area contributed by atoms with Crippen molar-refractivity contribution in [2.24, 2.45) is 0 Å². The van der Waals surface area contributed by atoms with E-state index in [1.54, 1.807) is 20.8 Å². The smallest absolute Gasteiger partial charge is 0.408 e. The number of carbonyl (C=O) groups is 10. The Morgan fingerprint density at radius 2 is 0.564 bits per heavy atom. The Hall–Kier alpha value is -11.8. The average Bonchev–Trinajstić information content (AvgIpc) is 0.834. The molecular weight excluding hydrogens is 1870 g/mol. The molecule has 0 radical (unpaired) electrons. The number of ketones is 5. The maximum atomic E-state index is 11.7. The first kappa shape index (κ1) is 110. The first-order valence-corrected chi connectivity index (χ1v) is 49.7. The second kappa shape index (κ2) is 60.3. The highest BCUT2D eigenvalue weighted by molar-refractivity contribution is 6.31. The van der Waals surface area contributed by atoms with E-state index in [0.29, 0.717) is 71.7 Å². The minimum atomic E-state index is -0.535. The molecule has 5 fully saturated rings. The number of hydrogen-bond acceptors (Lipinski definition) is 29. The van der Waals surface area contributed by atoms with Crippen LogP contribution in [-0.4, -0.2) is 300 Å². The third-order valence-corrected chi connectivity index (χ3v) is 24.8. The monoisotopic (exact) mass is 1990 g/mol. The zero-order valence-corrected chi connectivity index (χ0v) is 84.0. The van der Waals surface area contributed by atoms with Crippen LogP contribution >= 0.6 is 46.4 Å². The summed E-state index contributed by atoms with van der Waals surface area (Å²) in [5.41, 5.74) is 9.04. The average molecular weight is 2000 g/mol. The molecule has 5 aliphatic rings. The maximum absolute atomic E-state index is 11.7. The van der Waals surface area contributed by atoms with Gasteiger partial charge in [0.2, 0.25) is 0 Å². The van der Waals surface area contributed by atoms with Crippen molar-refractivity contribution < 1.29 is 71.6 Å². The van der Waals surface area contributed by atoms with Crippen LogP contribution in [0.4, 0.5) is 33.8 Å². The summed E-state index contributed by atoms with van der Waals surface area (Å²) in [6.07, 6.45) is 4.98. The number of aromatic nitrogens is 4. The van der Waals surface area contributed by atoms with Crippen LogP contribution in [0.2, 0.25) is 20.1 Å². The Bertz CT molecular complexity index is 5400. The third-order valence-electron chi connectivity index (χ3n) is 23.8. The topological polar surface area (TPSA) is 313 Å². The fraction of sp³-hybridized carbons (Fsp3) is 0.434. The van der Waals surface area contributed by atoms with Gasteiger partial charge in [-0.2, -0.15) is 0 Å². The van der Waals surface area contributed by atoms with Crippen LogP contribution in [0.3, 0.4) is 0 Å². The minimum absolute atomic E-state index is 0.0480. The second-order valence-corrected chi connectivity index (χ2v) is 36.1. The van der Waals surface area contributed by atoms with Crippen LogP contribution in [-0.2, 0) is 66.8 Å². The van der Waals surface area contributed by atoms with Crippen molar-refractivity contribution in [1.82, 2.24) is 49.8 Å². The lowest BCUT2D eigenvalue weighted by Gasteiger charge is -2.35. The van der Waals surface area contributed by atoms with E-state index in [0.717, 1.165) is 251 Å². The largest absolute Gasteiger partial charge is 0.458 e. The number of carbonyl (C=O) groups excluding carboxylic acids is 10. The first-order valence-electron chi connectivity index (χ1n) is 48.2. The maximum Gasteiger partial charge on any atom is 0.408 e. The van der Waals surface area contributed by atoms with Gasteiger partial charge < -0.3 is 53.5 Å². The molecule has 1 amide bonds. The van der Waals surface area contributed by atoms with Crippen molar-refractivity contribution >= 4 is 134 Å². The van der Waals surface area contributed by atoms with Crippen molar-refractivity contribution in [1.29, 1.82) is 0 Å². The van der Waals surface area contributed by atoms with Crippen molar-refractivity contribution in [3.63, 3.8) is 0 Å². The van der Waals surface area contributed by atoms with E-state index < -0.39 is 6.09 Å². The van der Waals surface area contributed by atoms with E-state index in [1.807, 2.05) is 188 Å². The predicted molar refractivity (Wildman–Crippen MR) is 551 cm³/mol. The Balaban J connectivity index is 0.000000181. The quantitative estimate of drug-likeness (QED) is 0.0275. The van der Waals surface area contributed by atoms with Crippen molar-refractivity contribution in [3.8, 4) is 45.0 Å². The van der Waals surface area contributed by atoms with Gasteiger partial charge in [-0.05, 0) is 175 Å². The van der Waals surface area contributed by atoms with E-state index in [4.69, 9.17) is 90.0 Å². The predicted octanol–water partition coefficient (Wildman–Crippen LogP) is 16.0. The highest BCUT2D eigenvalue weighted by atomic mass is 35.5. The number of para-hydroxylation sites is 1. The standard InChI is InChI=1S/2C23H28ClN3O3.2C22H26ClN3O3.C16H23N3O3/c1-2-20(28)17-30-23(29)10-5-11-26-12-14-27(15-13-26)22-9-4-8-21(25-22)18-6-3-7-19(24)16-18;1-2-20(28)17-30-23(29)7-4-12-26-13-15-27(16-14-26)22-6-3-5-21(25-22)18-8-10-19(24)11-9-18;1-17(27)16-29-22(28)9-4-10-25-11-13-26(14-12-25)21-8-3-7-20(24-21)18-5-2-6-19(23)15-18;1-17(27)16-29-22(28)6-3-11-25-12-14-26(15-13-25)21-5-2-4-20(24-21)18-7-9-19(23)10-8-18;1-2-15(20)12-22-16(21)17-13-18-8-10-19(11-9-18)14-6-4-3-5-7-14/h3-4,6-9,16H,2,5,10-15,17H2,1H3;3,5-6,8-11H,2,4,7,12-17H2,1H3;2-3,5-8,15H,4,9-14,16H2,1H3;2,4-5,7-10H,3,6,11-16H2,1H3;3-7H,2,8-13H2,1H3,(H,17,21). The van der Waals surface area contributed by atoms with Crippen LogP contribution in [0, 0.1) is 0 Å². The SMILES string of the molecule is CC(=O)COC(=O)CCCN1CCN(c2cccc(-c3ccc(Cl)cc3)n2)CC1.CC(=O)COC(=O)CCCN1CCN(c2cccc(-c3cccc(Cl)c3)n2)CC1.CCC(=O)COC(=O)CCCN1CCN(c2cccc(-c3ccc(Cl)cc3)n2)CC1.CCC(=O)COC(=O)CCCN1CCN(c2cccc(-c3cccc(Cl)c3)n2)CC1.CCC(=O)COC(=O)NCN1CCN(c2ccccc2)CC1. The number of nitrogens with one attached hydrogen (secondary N) is 1. The van der Waals surface area contributed by atoms with Gasteiger partial charge in [0.25, 0.3) is 0 Å². The molecule has 140 heavy (non-hydrogen) atoms. The number of benzene rings is 5. The summed E-state index contributed by atoms with van der Waals surface area (Å²) in [7, 11) is 0. The molecule has 30 nitrogen and oxygen atoms in total. The van der Waals surface area contributed by atoms with Gasteiger partial charge in [-0.15, -0.1) is 0 Å². The van der Waals surface area contributed by atoms with Gasteiger partial charge in [-0.3, -0.25) is 67.7 Å². The van der Waals surface area contributed by atoms with Crippen LogP contribution < -0.4 is 29.8 Å². The number of piperazine rings is 5. The molecule has 1 N–H and O–H groups in total. The molecule has 9 aromatic rings. The Morgan fingerprint density at radius 1 is 0.286 bits per heavy atom. The summed E-state index contributed by atoms with van der Waals surface area (Å²) < 4.78 is 24.6. The molecule has 5 saturated heterocycles. The fourth-order valence-electron chi connectivity index (χ4n) is 15.6. The summed E-state index contributed by atoms with van der Waals surface area (Å²) >= 11 is 24.2. The number of hydrogen-bond donors (Lipinski definition) is 1. The molecule has 34 heteroatoms. The number of anilines is 5. The van der Waals surface area contributed by atoms with Crippen LogP contribution in [0.25, 0.3) is 45.0 Å². The number of rotatable bonds is 40. The van der Waals surface area contributed by atoms with Crippen LogP contribution in [0.5, 0.6) is 0 Å². The number of halogens is 4. The van der Waals surface area contributed by atoms with Crippen molar-refractivity contribution in [2.45, 2.75) is 105 Å². The van der Waals surface area contributed by atoms with Gasteiger partial charge in [0, 0.05) is 224 Å². The van der Waals surface area contributed by atoms with E-state index in [-0.39, 0.29) is 85.8 Å². The number of amides is 1. The number of nitrogens with zero attached hydrogens (tertiary/aromatic N) is 14. The highest BCUT2D eigenvalue weighted by Gasteiger charge is 2.26. The molecule has 9 heterocycles. The number of pyridine rings is 4. The molecule has 748 valence electrons. The van der Waals surface area contributed by atoms with Gasteiger partial charge in [0.05, 0.1) is 29.4 Å². The number of Topliss-reactive ketones (excluding diaryl/α,β-unsaturated/α-hetero) is 5. The number of alkyl carbamates (subject to hydrolysis) is 1. The molecule has 14 rings (SSSR count). The molecule has 5 aliphatic heterocycles. The second-order valence-electron chi connectivity index (χ2n) is 34.4. The van der Waals surface area contributed by atoms with Gasteiger partial charge >= 0.3 is 30.0 Å². The molecule has 0 spiro atoms. The molecular formula is C106H131Cl4N15O15. The molecule has 0 atom stereocenters. The molecule has 5 aromatic carbocycles. The van der Waals surface area contributed by atoms with E-state index >= 15 is 0 Å². The van der Waals surface area contributed by atoms with E-state index in [1.165, 1.54) is 19.5 Å². The Labute approximate surface area is 842 Å². The van der Waals surface area contributed by atoms with Gasteiger partial charge in [0.1, 0.15) is 49.7 Å². The molecule has 0 saturated carbocycles. The highest BCUT2D eigenvalue weighted by Crippen LogP contribution is 2.30. The number of ether oxygens (including phenoxy) is 5. The molecule has 0 aliphatic carbocycles. The summed E-state index contributed by atoms with van der Waals surface area (Å²) in [5, 5.41) is 5.52.